The number of carbonyl (C=O) groups is 4. The Kier molecular flexibility index (Phi) is 4.91. The Labute approximate surface area is 175 Å². The summed E-state index contributed by atoms with van der Waals surface area (Å²) in [6.07, 6.45) is 3.75. The summed E-state index contributed by atoms with van der Waals surface area (Å²) < 4.78 is 0. The van der Waals surface area contributed by atoms with Gasteiger partial charge in [-0.2, -0.15) is 0 Å². The van der Waals surface area contributed by atoms with E-state index >= 15 is 0 Å². The third-order valence-corrected chi connectivity index (χ3v) is 6.98. The molecule has 0 saturated carbocycles. The number of fused-ring (bicyclic) bond motifs is 2. The van der Waals surface area contributed by atoms with Crippen LogP contribution in [0.5, 0.6) is 0 Å². The summed E-state index contributed by atoms with van der Waals surface area (Å²) in [5.74, 6) is -1.17. The Bertz CT molecular complexity index is 928. The fourth-order valence-corrected chi connectivity index (χ4v) is 5.54. The smallest absolute Gasteiger partial charge is 0.262 e. The van der Waals surface area contributed by atoms with Gasteiger partial charge in [0.25, 0.3) is 11.8 Å². The van der Waals surface area contributed by atoms with Crippen molar-refractivity contribution in [1.29, 1.82) is 0 Å². The van der Waals surface area contributed by atoms with Crippen LogP contribution in [-0.4, -0.2) is 65.1 Å². The molecule has 1 unspecified atom stereocenters. The van der Waals surface area contributed by atoms with E-state index in [9.17, 15) is 19.2 Å². The van der Waals surface area contributed by atoms with Gasteiger partial charge in [-0.3, -0.25) is 34.3 Å². The molecular weight excluding hydrogens is 384 g/mol. The molecule has 158 valence electrons. The normalized spacial score (nSPS) is 29.6. The molecule has 8 heteroatoms. The second-order valence-electron chi connectivity index (χ2n) is 8.72. The first kappa shape index (κ1) is 19.4. The largest absolute Gasteiger partial charge is 0.316 e. The summed E-state index contributed by atoms with van der Waals surface area (Å²) >= 11 is 0. The molecule has 5 rings (SSSR count). The van der Waals surface area contributed by atoms with Gasteiger partial charge in [0.05, 0.1) is 11.1 Å². The molecule has 3 fully saturated rings. The van der Waals surface area contributed by atoms with Gasteiger partial charge in [-0.25, -0.2) is 0 Å². The lowest BCUT2D eigenvalue weighted by Gasteiger charge is -2.44. The highest BCUT2D eigenvalue weighted by Gasteiger charge is 2.45. The van der Waals surface area contributed by atoms with Crippen LogP contribution >= 0.6 is 0 Å². The molecular formula is C22H26N4O4. The molecule has 2 N–H and O–H groups in total. The van der Waals surface area contributed by atoms with E-state index in [0.717, 1.165) is 42.9 Å². The summed E-state index contributed by atoms with van der Waals surface area (Å²) in [7, 11) is 0. The van der Waals surface area contributed by atoms with Crippen molar-refractivity contribution in [2.75, 3.05) is 19.6 Å². The van der Waals surface area contributed by atoms with Crippen molar-refractivity contribution in [3.05, 3.63) is 34.9 Å². The Hall–Kier alpha value is -2.58. The van der Waals surface area contributed by atoms with Gasteiger partial charge in [0.2, 0.25) is 11.8 Å². The Balaban J connectivity index is 1.42. The molecule has 0 spiro atoms. The number of rotatable bonds is 3. The average Bonchev–Trinajstić information content (AvgIpc) is 3.00. The van der Waals surface area contributed by atoms with Gasteiger partial charge in [-0.1, -0.05) is 12.1 Å². The monoisotopic (exact) mass is 410 g/mol. The molecule has 4 amide bonds. The number of nitrogens with zero attached hydrogens (tertiary/aromatic N) is 2. The van der Waals surface area contributed by atoms with Gasteiger partial charge in [0.15, 0.2) is 0 Å². The molecule has 0 bridgehead atoms. The van der Waals surface area contributed by atoms with Crippen LogP contribution in [0.25, 0.3) is 0 Å². The minimum Gasteiger partial charge on any atom is -0.316 e. The van der Waals surface area contributed by atoms with Crippen molar-refractivity contribution in [2.45, 2.75) is 50.7 Å². The van der Waals surface area contributed by atoms with Crippen molar-refractivity contribution < 1.29 is 19.2 Å². The highest BCUT2D eigenvalue weighted by Crippen LogP contribution is 2.33. The summed E-state index contributed by atoms with van der Waals surface area (Å²) in [5.41, 5.74) is 1.63. The SMILES string of the molecule is O=C1CCC(N2C(=O)c3cccc(CN4CCC[C@H]5CNCC[C@@H]54)c3C2=O)C(=O)N1. The molecule has 30 heavy (non-hydrogen) atoms. The highest BCUT2D eigenvalue weighted by molar-refractivity contribution is 6.24. The Morgan fingerprint density at radius 3 is 2.73 bits per heavy atom. The summed E-state index contributed by atoms with van der Waals surface area (Å²) in [6.45, 7) is 3.66. The van der Waals surface area contributed by atoms with Crippen molar-refractivity contribution in [3.63, 3.8) is 0 Å². The van der Waals surface area contributed by atoms with Gasteiger partial charge in [0.1, 0.15) is 6.04 Å². The molecule has 0 radical (unpaired) electrons. The zero-order valence-corrected chi connectivity index (χ0v) is 16.9. The average molecular weight is 410 g/mol. The second-order valence-corrected chi connectivity index (χ2v) is 8.72. The third kappa shape index (κ3) is 3.15. The van der Waals surface area contributed by atoms with E-state index in [1.807, 2.05) is 12.1 Å². The molecule has 4 heterocycles. The molecule has 4 aliphatic heterocycles. The fourth-order valence-electron chi connectivity index (χ4n) is 5.54. The number of hydrogen-bond acceptors (Lipinski definition) is 6. The molecule has 3 atom stereocenters. The van der Waals surface area contributed by atoms with Crippen LogP contribution in [0.2, 0.25) is 0 Å². The number of carbonyl (C=O) groups excluding carboxylic acids is 4. The predicted molar refractivity (Wildman–Crippen MR) is 108 cm³/mol. The number of benzene rings is 1. The summed E-state index contributed by atoms with van der Waals surface area (Å²) in [4.78, 5) is 53.6. The zero-order valence-electron chi connectivity index (χ0n) is 16.9. The molecule has 1 aromatic carbocycles. The number of amides is 4. The number of nitrogens with one attached hydrogen (secondary N) is 2. The van der Waals surface area contributed by atoms with E-state index < -0.39 is 23.8 Å². The van der Waals surface area contributed by atoms with Crippen LogP contribution in [-0.2, 0) is 16.1 Å². The van der Waals surface area contributed by atoms with Gasteiger partial charge >= 0.3 is 0 Å². The van der Waals surface area contributed by atoms with Gasteiger partial charge in [-0.05, 0) is 62.9 Å². The Morgan fingerprint density at radius 2 is 1.90 bits per heavy atom. The minimum atomic E-state index is -0.924. The van der Waals surface area contributed by atoms with Crippen molar-refractivity contribution >= 4 is 23.6 Å². The molecule has 0 aromatic heterocycles. The van der Waals surface area contributed by atoms with Crippen LogP contribution in [0.4, 0.5) is 0 Å². The fraction of sp³-hybridized carbons (Fsp3) is 0.545. The number of likely N-dealkylation sites (tertiary alicyclic amines) is 1. The van der Waals surface area contributed by atoms with Crippen molar-refractivity contribution in [1.82, 2.24) is 20.4 Å². The maximum absolute atomic E-state index is 13.3. The lowest BCUT2D eigenvalue weighted by molar-refractivity contribution is -0.136. The predicted octanol–water partition coefficient (Wildman–Crippen LogP) is 0.662. The van der Waals surface area contributed by atoms with E-state index in [-0.39, 0.29) is 18.7 Å². The van der Waals surface area contributed by atoms with Crippen LogP contribution in [0.15, 0.2) is 18.2 Å². The van der Waals surface area contributed by atoms with Crippen LogP contribution in [0.1, 0.15) is 58.4 Å². The standard InChI is InChI=1S/C22H26N4O4/c27-18-7-6-17(20(28)24-18)26-21(29)15-5-1-3-14(19(15)22(26)30)12-25-10-2-4-13-11-23-9-8-16(13)25/h1,3,5,13,16-17,23H,2,4,6-12H2,(H,24,27,28)/t13-,16-,17?/m0/s1. The molecule has 4 aliphatic rings. The van der Waals surface area contributed by atoms with E-state index in [1.165, 1.54) is 6.42 Å². The first-order valence-electron chi connectivity index (χ1n) is 10.8. The van der Waals surface area contributed by atoms with E-state index in [0.29, 0.717) is 29.6 Å². The molecule has 3 saturated heterocycles. The van der Waals surface area contributed by atoms with Crippen LogP contribution in [0, 0.1) is 5.92 Å². The van der Waals surface area contributed by atoms with Gasteiger partial charge in [-0.15, -0.1) is 0 Å². The highest BCUT2D eigenvalue weighted by atomic mass is 16.2. The minimum absolute atomic E-state index is 0.127. The van der Waals surface area contributed by atoms with Gasteiger partial charge < -0.3 is 5.32 Å². The first-order chi connectivity index (χ1) is 14.5. The topological polar surface area (TPSA) is 98.8 Å². The lowest BCUT2D eigenvalue weighted by Crippen LogP contribution is -2.54. The third-order valence-electron chi connectivity index (χ3n) is 6.98. The first-order valence-corrected chi connectivity index (χ1v) is 10.8. The maximum atomic E-state index is 13.3. The zero-order chi connectivity index (χ0) is 20.8. The maximum Gasteiger partial charge on any atom is 0.262 e. The number of hydrogen-bond donors (Lipinski definition) is 2. The van der Waals surface area contributed by atoms with E-state index in [1.54, 1.807) is 6.07 Å². The van der Waals surface area contributed by atoms with Crippen LogP contribution < -0.4 is 10.6 Å². The quantitative estimate of drug-likeness (QED) is 0.711. The molecule has 0 aliphatic carbocycles. The van der Waals surface area contributed by atoms with Crippen molar-refractivity contribution in [2.24, 2.45) is 5.92 Å². The van der Waals surface area contributed by atoms with Crippen LogP contribution in [0.3, 0.4) is 0 Å². The van der Waals surface area contributed by atoms with E-state index in [2.05, 4.69) is 15.5 Å². The molecule has 1 aromatic rings. The lowest BCUT2D eigenvalue weighted by atomic mass is 9.84. The summed E-state index contributed by atoms with van der Waals surface area (Å²) in [5, 5.41) is 5.73. The Morgan fingerprint density at radius 1 is 1.03 bits per heavy atom. The number of piperidine rings is 3. The second kappa shape index (κ2) is 7.59. The number of imide groups is 2. The van der Waals surface area contributed by atoms with Crippen molar-refractivity contribution in [3.8, 4) is 0 Å². The van der Waals surface area contributed by atoms with Gasteiger partial charge in [0, 0.05) is 19.0 Å². The molecule has 8 nitrogen and oxygen atoms in total. The van der Waals surface area contributed by atoms with E-state index in [4.69, 9.17) is 0 Å². The summed E-state index contributed by atoms with van der Waals surface area (Å²) in [6, 6.07) is 4.97.